The third-order valence-electron chi connectivity index (χ3n) is 3.77. The van der Waals surface area contributed by atoms with E-state index in [1.165, 1.54) is 25.7 Å². The van der Waals surface area contributed by atoms with Crippen LogP contribution in [0.1, 0.15) is 43.7 Å². The highest BCUT2D eigenvalue weighted by Gasteiger charge is 2.17. The van der Waals surface area contributed by atoms with Crippen molar-refractivity contribution in [3.63, 3.8) is 0 Å². The van der Waals surface area contributed by atoms with Gasteiger partial charge in [0, 0.05) is 6.54 Å². The summed E-state index contributed by atoms with van der Waals surface area (Å²) in [6.07, 6.45) is 6.43. The average molecular weight is 246 g/mol. The monoisotopic (exact) mass is 246 g/mol. The molecule has 1 aliphatic carbocycles. The summed E-state index contributed by atoms with van der Waals surface area (Å²) in [5.41, 5.74) is 6.79. The zero-order chi connectivity index (χ0) is 12.8. The molecule has 0 heterocycles. The topological polar surface area (TPSA) is 55.1 Å². The minimum absolute atomic E-state index is 0.0702. The maximum atomic E-state index is 11.9. The van der Waals surface area contributed by atoms with E-state index in [9.17, 15) is 4.79 Å². The number of carbonyl (C=O) groups excluding carboxylic acids is 1. The maximum Gasteiger partial charge on any atom is 0.241 e. The van der Waals surface area contributed by atoms with Crippen LogP contribution in [0.25, 0.3) is 0 Å². The summed E-state index contributed by atoms with van der Waals surface area (Å²) in [5.74, 6) is 0.734. The molecule has 0 aliphatic heterocycles. The quantitative estimate of drug-likeness (QED) is 0.838. The molecule has 0 radical (unpaired) electrons. The van der Waals surface area contributed by atoms with Gasteiger partial charge < -0.3 is 11.1 Å². The molecule has 98 valence electrons. The first-order chi connectivity index (χ1) is 8.77. The molecule has 1 aliphatic rings. The van der Waals surface area contributed by atoms with Crippen LogP contribution in [0.5, 0.6) is 0 Å². The predicted molar refractivity (Wildman–Crippen MR) is 73.0 cm³/mol. The van der Waals surface area contributed by atoms with Crippen LogP contribution >= 0.6 is 0 Å². The van der Waals surface area contributed by atoms with Gasteiger partial charge in [0.15, 0.2) is 0 Å². The van der Waals surface area contributed by atoms with Gasteiger partial charge in [0.2, 0.25) is 5.91 Å². The summed E-state index contributed by atoms with van der Waals surface area (Å²) in [4.78, 5) is 11.9. The van der Waals surface area contributed by atoms with Crippen molar-refractivity contribution in [2.24, 2.45) is 11.7 Å². The van der Waals surface area contributed by atoms with Gasteiger partial charge in [-0.3, -0.25) is 4.79 Å². The van der Waals surface area contributed by atoms with E-state index in [0.717, 1.165) is 24.4 Å². The van der Waals surface area contributed by atoms with Crippen molar-refractivity contribution in [2.45, 2.75) is 38.1 Å². The molecule has 3 N–H and O–H groups in total. The van der Waals surface area contributed by atoms with Crippen molar-refractivity contribution in [1.29, 1.82) is 0 Å². The SMILES string of the molecule is N[C@H](C(=O)NCCC1CCCC1)c1ccccc1. The molecule has 3 heteroatoms. The normalized spacial score (nSPS) is 17.6. The minimum atomic E-state index is -0.547. The molecule has 0 spiro atoms. The summed E-state index contributed by atoms with van der Waals surface area (Å²) < 4.78 is 0. The molecule has 0 saturated heterocycles. The number of rotatable bonds is 5. The van der Waals surface area contributed by atoms with Crippen LogP contribution in [0.3, 0.4) is 0 Å². The van der Waals surface area contributed by atoms with Crippen molar-refractivity contribution in [2.75, 3.05) is 6.54 Å². The van der Waals surface area contributed by atoms with Gasteiger partial charge in [-0.1, -0.05) is 56.0 Å². The molecular formula is C15H22N2O. The molecule has 1 aromatic rings. The number of hydrogen-bond donors (Lipinski definition) is 2. The molecule has 3 nitrogen and oxygen atoms in total. The van der Waals surface area contributed by atoms with Gasteiger partial charge in [-0.2, -0.15) is 0 Å². The molecule has 2 rings (SSSR count). The first-order valence-electron chi connectivity index (χ1n) is 6.85. The summed E-state index contributed by atoms with van der Waals surface area (Å²) in [6.45, 7) is 0.754. The Balaban J connectivity index is 1.74. The van der Waals surface area contributed by atoms with Crippen molar-refractivity contribution in [3.8, 4) is 0 Å². The van der Waals surface area contributed by atoms with Gasteiger partial charge in [-0.05, 0) is 17.9 Å². The predicted octanol–water partition coefficient (Wildman–Crippen LogP) is 2.38. The number of amides is 1. The second-order valence-electron chi connectivity index (χ2n) is 5.12. The average Bonchev–Trinajstić information content (AvgIpc) is 2.92. The second-order valence-corrected chi connectivity index (χ2v) is 5.12. The zero-order valence-corrected chi connectivity index (χ0v) is 10.8. The smallest absolute Gasteiger partial charge is 0.241 e. The van der Waals surface area contributed by atoms with Gasteiger partial charge in [0.25, 0.3) is 0 Å². The van der Waals surface area contributed by atoms with E-state index in [1.807, 2.05) is 30.3 Å². The standard InChI is InChI=1S/C15H22N2O/c16-14(13-8-2-1-3-9-13)15(18)17-11-10-12-6-4-5-7-12/h1-3,8-9,12,14H,4-7,10-11,16H2,(H,17,18)/t14-/m0/s1. The van der Waals surface area contributed by atoms with Crippen molar-refractivity contribution in [3.05, 3.63) is 35.9 Å². The fourth-order valence-electron chi connectivity index (χ4n) is 2.62. The molecule has 1 saturated carbocycles. The molecule has 0 bridgehead atoms. The number of hydrogen-bond acceptors (Lipinski definition) is 2. The first kappa shape index (κ1) is 13.1. The molecule has 1 fully saturated rings. The fourth-order valence-corrected chi connectivity index (χ4v) is 2.62. The molecule has 1 atom stereocenters. The van der Waals surface area contributed by atoms with Crippen LogP contribution in [0.2, 0.25) is 0 Å². The summed E-state index contributed by atoms with van der Waals surface area (Å²) in [6, 6.07) is 8.97. The van der Waals surface area contributed by atoms with Crippen LogP contribution in [0.15, 0.2) is 30.3 Å². The lowest BCUT2D eigenvalue weighted by Crippen LogP contribution is -2.35. The van der Waals surface area contributed by atoms with Crippen molar-refractivity contribution < 1.29 is 4.79 Å². The van der Waals surface area contributed by atoms with Gasteiger partial charge in [-0.25, -0.2) is 0 Å². The molecule has 1 aromatic carbocycles. The van der Waals surface area contributed by atoms with E-state index in [0.29, 0.717) is 0 Å². The lowest BCUT2D eigenvalue weighted by atomic mass is 10.0. The van der Waals surface area contributed by atoms with E-state index < -0.39 is 6.04 Å². The number of carbonyl (C=O) groups is 1. The van der Waals surface area contributed by atoms with E-state index in [2.05, 4.69) is 5.32 Å². The summed E-state index contributed by atoms with van der Waals surface area (Å²) >= 11 is 0. The van der Waals surface area contributed by atoms with Crippen molar-refractivity contribution in [1.82, 2.24) is 5.32 Å². The highest BCUT2D eigenvalue weighted by Crippen LogP contribution is 2.26. The van der Waals surface area contributed by atoms with Crippen LogP contribution in [0, 0.1) is 5.92 Å². The Bertz CT molecular complexity index is 371. The Morgan fingerprint density at radius 1 is 1.28 bits per heavy atom. The fraction of sp³-hybridized carbons (Fsp3) is 0.533. The Kier molecular flexibility index (Phi) is 4.76. The van der Waals surface area contributed by atoms with Gasteiger partial charge in [0.1, 0.15) is 6.04 Å². The minimum Gasteiger partial charge on any atom is -0.354 e. The van der Waals surface area contributed by atoms with Gasteiger partial charge in [0.05, 0.1) is 0 Å². The van der Waals surface area contributed by atoms with Crippen molar-refractivity contribution >= 4 is 5.91 Å². The number of benzene rings is 1. The number of nitrogens with one attached hydrogen (secondary N) is 1. The maximum absolute atomic E-state index is 11.9. The molecule has 18 heavy (non-hydrogen) atoms. The molecule has 0 aromatic heterocycles. The van der Waals surface area contributed by atoms with E-state index in [-0.39, 0.29) is 5.91 Å². The molecule has 0 unspecified atom stereocenters. The van der Waals surface area contributed by atoms with Gasteiger partial charge in [-0.15, -0.1) is 0 Å². The van der Waals surface area contributed by atoms with Crippen LogP contribution in [-0.4, -0.2) is 12.5 Å². The third-order valence-corrected chi connectivity index (χ3v) is 3.77. The Labute approximate surface area is 109 Å². The molecule has 1 amide bonds. The summed E-state index contributed by atoms with van der Waals surface area (Å²) in [5, 5.41) is 2.94. The van der Waals surface area contributed by atoms with Gasteiger partial charge >= 0.3 is 0 Å². The van der Waals surface area contributed by atoms with E-state index in [4.69, 9.17) is 5.73 Å². The third kappa shape index (κ3) is 3.57. The Morgan fingerprint density at radius 2 is 1.94 bits per heavy atom. The largest absolute Gasteiger partial charge is 0.354 e. The first-order valence-corrected chi connectivity index (χ1v) is 6.85. The van der Waals surface area contributed by atoms with E-state index in [1.54, 1.807) is 0 Å². The summed E-state index contributed by atoms with van der Waals surface area (Å²) in [7, 11) is 0. The second kappa shape index (κ2) is 6.55. The Hall–Kier alpha value is -1.35. The number of nitrogens with two attached hydrogens (primary N) is 1. The lowest BCUT2D eigenvalue weighted by Gasteiger charge is -2.14. The highest BCUT2D eigenvalue weighted by atomic mass is 16.2. The van der Waals surface area contributed by atoms with Crippen LogP contribution in [-0.2, 0) is 4.79 Å². The Morgan fingerprint density at radius 3 is 2.61 bits per heavy atom. The lowest BCUT2D eigenvalue weighted by molar-refractivity contribution is -0.122. The highest BCUT2D eigenvalue weighted by molar-refractivity contribution is 5.82. The van der Waals surface area contributed by atoms with E-state index >= 15 is 0 Å². The zero-order valence-electron chi connectivity index (χ0n) is 10.8. The molecular weight excluding hydrogens is 224 g/mol. The van der Waals surface area contributed by atoms with Crippen LogP contribution < -0.4 is 11.1 Å². The van der Waals surface area contributed by atoms with Crippen LogP contribution in [0.4, 0.5) is 0 Å².